The molecule has 3 aromatic rings. The lowest BCUT2D eigenvalue weighted by Gasteiger charge is -2.11. The van der Waals surface area contributed by atoms with E-state index in [1.807, 2.05) is 25.7 Å². The predicted octanol–water partition coefficient (Wildman–Crippen LogP) is 4.28. The summed E-state index contributed by atoms with van der Waals surface area (Å²) in [6.07, 6.45) is 5.92. The van der Waals surface area contributed by atoms with E-state index < -0.39 is 0 Å². The van der Waals surface area contributed by atoms with E-state index in [1.54, 1.807) is 29.6 Å². The molecular weight excluding hydrogens is 394 g/mol. The van der Waals surface area contributed by atoms with E-state index in [2.05, 4.69) is 48.4 Å². The summed E-state index contributed by atoms with van der Waals surface area (Å²) in [6, 6.07) is 3.89. The van der Waals surface area contributed by atoms with Crippen molar-refractivity contribution in [3.8, 4) is 0 Å². The highest BCUT2D eigenvalue weighted by atomic mass is 79.9. The number of hydrogen-bond acceptors (Lipinski definition) is 6. The first-order valence-corrected chi connectivity index (χ1v) is 9.83. The number of pyridine rings is 1. The third-order valence-electron chi connectivity index (χ3n) is 3.46. The standard InChI is InChI=1S/C15H16BrN5S2/c1-8(23-15-19-13(17)5-14(20-15)22-3)11-4-9-10(16)7-21(2)12(9)6-18-11/h4-8H,1-3H3,(H2,17,19,20). The van der Waals surface area contributed by atoms with Crippen LogP contribution in [0.1, 0.15) is 17.9 Å². The molecule has 0 fully saturated rings. The van der Waals surface area contributed by atoms with Gasteiger partial charge in [0, 0.05) is 29.2 Å². The molecule has 3 rings (SSSR count). The topological polar surface area (TPSA) is 69.6 Å². The minimum Gasteiger partial charge on any atom is -0.384 e. The number of anilines is 1. The molecule has 0 aliphatic heterocycles. The molecule has 0 saturated heterocycles. The summed E-state index contributed by atoms with van der Waals surface area (Å²) in [5.74, 6) is 0.494. The minimum absolute atomic E-state index is 0.128. The normalized spacial score (nSPS) is 12.7. The Kier molecular flexibility index (Phi) is 4.84. The summed E-state index contributed by atoms with van der Waals surface area (Å²) in [5, 5.41) is 2.84. The number of nitrogens with zero attached hydrogens (tertiary/aromatic N) is 4. The average Bonchev–Trinajstić information content (AvgIpc) is 2.81. The zero-order valence-electron chi connectivity index (χ0n) is 12.9. The van der Waals surface area contributed by atoms with Crippen LogP contribution in [0.15, 0.2) is 39.2 Å². The van der Waals surface area contributed by atoms with Crippen LogP contribution in [0.4, 0.5) is 5.82 Å². The molecule has 0 spiro atoms. The van der Waals surface area contributed by atoms with Crippen LogP contribution in [0.5, 0.6) is 0 Å². The lowest BCUT2D eigenvalue weighted by molar-refractivity contribution is 0.888. The number of nitrogens with two attached hydrogens (primary N) is 1. The van der Waals surface area contributed by atoms with E-state index in [1.165, 1.54) is 0 Å². The maximum atomic E-state index is 5.84. The van der Waals surface area contributed by atoms with Gasteiger partial charge < -0.3 is 10.3 Å². The van der Waals surface area contributed by atoms with Gasteiger partial charge >= 0.3 is 0 Å². The fourth-order valence-electron chi connectivity index (χ4n) is 2.26. The van der Waals surface area contributed by atoms with Gasteiger partial charge in [-0.1, -0.05) is 11.8 Å². The van der Waals surface area contributed by atoms with Crippen molar-refractivity contribution in [1.82, 2.24) is 19.5 Å². The molecule has 0 radical (unpaired) electrons. The minimum atomic E-state index is 0.128. The predicted molar refractivity (Wildman–Crippen MR) is 101 cm³/mol. The van der Waals surface area contributed by atoms with Crippen LogP contribution in [0.2, 0.25) is 0 Å². The Labute approximate surface area is 151 Å². The Hall–Kier alpha value is -1.25. The van der Waals surface area contributed by atoms with Gasteiger partial charge in [-0.2, -0.15) is 0 Å². The molecule has 120 valence electrons. The van der Waals surface area contributed by atoms with E-state index in [4.69, 9.17) is 5.73 Å². The third-order valence-corrected chi connectivity index (χ3v) is 5.71. The monoisotopic (exact) mass is 409 g/mol. The second-order valence-corrected chi connectivity index (χ2v) is 8.08. The first-order valence-electron chi connectivity index (χ1n) is 6.93. The number of hydrogen-bond donors (Lipinski definition) is 1. The molecule has 3 aromatic heterocycles. The van der Waals surface area contributed by atoms with Gasteiger partial charge in [0.25, 0.3) is 0 Å². The van der Waals surface area contributed by atoms with Crippen LogP contribution in [-0.4, -0.2) is 25.8 Å². The van der Waals surface area contributed by atoms with Crippen LogP contribution in [0, 0.1) is 0 Å². The molecule has 0 aromatic carbocycles. The molecule has 0 aliphatic carbocycles. The largest absolute Gasteiger partial charge is 0.384 e. The van der Waals surface area contributed by atoms with Crippen LogP contribution >= 0.6 is 39.5 Å². The Morgan fingerprint density at radius 1 is 1.30 bits per heavy atom. The van der Waals surface area contributed by atoms with Crippen molar-refractivity contribution >= 4 is 56.2 Å². The molecule has 8 heteroatoms. The maximum Gasteiger partial charge on any atom is 0.191 e. The fraction of sp³-hybridized carbons (Fsp3) is 0.267. The highest BCUT2D eigenvalue weighted by molar-refractivity contribution is 9.10. The quantitative estimate of drug-likeness (QED) is 0.393. The van der Waals surface area contributed by atoms with Crippen molar-refractivity contribution in [3.05, 3.63) is 34.7 Å². The van der Waals surface area contributed by atoms with Crippen molar-refractivity contribution in [3.63, 3.8) is 0 Å². The molecule has 2 N–H and O–H groups in total. The highest BCUT2D eigenvalue weighted by Gasteiger charge is 2.14. The lowest BCUT2D eigenvalue weighted by atomic mass is 10.2. The van der Waals surface area contributed by atoms with Crippen LogP contribution in [0.25, 0.3) is 10.9 Å². The number of aryl methyl sites for hydroxylation is 1. The van der Waals surface area contributed by atoms with Gasteiger partial charge in [0.05, 0.1) is 22.7 Å². The number of halogens is 1. The highest BCUT2D eigenvalue weighted by Crippen LogP contribution is 2.35. The molecule has 1 atom stereocenters. The average molecular weight is 410 g/mol. The zero-order valence-corrected chi connectivity index (χ0v) is 16.2. The molecule has 0 saturated carbocycles. The van der Waals surface area contributed by atoms with Gasteiger partial charge in [0.15, 0.2) is 5.16 Å². The molecule has 5 nitrogen and oxygen atoms in total. The smallest absolute Gasteiger partial charge is 0.191 e. The van der Waals surface area contributed by atoms with Gasteiger partial charge in [-0.3, -0.25) is 4.98 Å². The molecule has 0 amide bonds. The van der Waals surface area contributed by atoms with Crippen molar-refractivity contribution in [2.24, 2.45) is 7.05 Å². The van der Waals surface area contributed by atoms with Gasteiger partial charge in [-0.05, 0) is 35.2 Å². The molecule has 23 heavy (non-hydrogen) atoms. The Morgan fingerprint density at radius 2 is 2.09 bits per heavy atom. The molecule has 0 bridgehead atoms. The number of rotatable bonds is 4. The van der Waals surface area contributed by atoms with E-state index >= 15 is 0 Å². The lowest BCUT2D eigenvalue weighted by Crippen LogP contribution is -1.99. The summed E-state index contributed by atoms with van der Waals surface area (Å²) in [6.45, 7) is 2.10. The van der Waals surface area contributed by atoms with Crippen molar-refractivity contribution < 1.29 is 0 Å². The molecule has 0 aliphatic rings. The summed E-state index contributed by atoms with van der Waals surface area (Å²) in [7, 11) is 2.01. The number of fused-ring (bicyclic) bond motifs is 1. The third kappa shape index (κ3) is 3.49. The van der Waals surface area contributed by atoms with E-state index in [0.29, 0.717) is 11.0 Å². The number of thioether (sulfide) groups is 2. The summed E-state index contributed by atoms with van der Waals surface area (Å²) in [4.78, 5) is 13.4. The second kappa shape index (κ2) is 6.70. The van der Waals surface area contributed by atoms with Crippen LogP contribution < -0.4 is 5.73 Å². The van der Waals surface area contributed by atoms with Gasteiger partial charge in [0.2, 0.25) is 0 Å². The molecular formula is C15H16BrN5S2. The number of aromatic nitrogens is 4. The van der Waals surface area contributed by atoms with Crippen molar-refractivity contribution in [2.75, 3.05) is 12.0 Å². The number of nitrogen functional groups attached to an aromatic ring is 1. The van der Waals surface area contributed by atoms with Crippen LogP contribution in [0.3, 0.4) is 0 Å². The SMILES string of the molecule is CSc1cc(N)nc(SC(C)c2cc3c(Br)cn(C)c3cn2)n1. The van der Waals surface area contributed by atoms with Gasteiger partial charge in [-0.25, -0.2) is 9.97 Å². The summed E-state index contributed by atoms with van der Waals surface area (Å²) < 4.78 is 3.13. The summed E-state index contributed by atoms with van der Waals surface area (Å²) >= 11 is 6.72. The first kappa shape index (κ1) is 16.6. The van der Waals surface area contributed by atoms with E-state index in [9.17, 15) is 0 Å². The van der Waals surface area contributed by atoms with E-state index in [0.717, 1.165) is 26.1 Å². The van der Waals surface area contributed by atoms with Crippen molar-refractivity contribution in [1.29, 1.82) is 0 Å². The van der Waals surface area contributed by atoms with Gasteiger partial charge in [-0.15, -0.1) is 11.8 Å². The maximum absolute atomic E-state index is 5.84. The first-order chi connectivity index (χ1) is 11.0. The van der Waals surface area contributed by atoms with Gasteiger partial charge in [0.1, 0.15) is 10.8 Å². The Morgan fingerprint density at radius 3 is 2.83 bits per heavy atom. The van der Waals surface area contributed by atoms with Crippen molar-refractivity contribution in [2.45, 2.75) is 22.4 Å². The van der Waals surface area contributed by atoms with Crippen LogP contribution in [-0.2, 0) is 7.05 Å². The molecule has 1 unspecified atom stereocenters. The summed E-state index contributed by atoms with van der Waals surface area (Å²) in [5.41, 5.74) is 7.94. The Balaban J connectivity index is 1.90. The second-order valence-electron chi connectivity index (χ2n) is 5.09. The molecule has 3 heterocycles. The zero-order chi connectivity index (χ0) is 16.6. The Bertz CT molecular complexity index is 864. The van der Waals surface area contributed by atoms with E-state index in [-0.39, 0.29) is 5.25 Å². The fourth-order valence-corrected chi connectivity index (χ4v) is 4.24.